The van der Waals surface area contributed by atoms with Crippen LogP contribution in [0.4, 0.5) is 0 Å². The summed E-state index contributed by atoms with van der Waals surface area (Å²) in [6.07, 6.45) is 3.20. The van der Waals surface area contributed by atoms with Crippen LogP contribution in [0.2, 0.25) is 0 Å². The molecule has 0 bridgehead atoms. The molecule has 1 fully saturated rings. The van der Waals surface area contributed by atoms with E-state index in [4.69, 9.17) is 9.15 Å². The molecule has 2 aliphatic heterocycles. The van der Waals surface area contributed by atoms with E-state index in [1.807, 2.05) is 12.1 Å². The zero-order chi connectivity index (χ0) is 21.5. The molecule has 1 saturated heterocycles. The number of fused-ring (bicyclic) bond motifs is 1. The van der Waals surface area contributed by atoms with Crippen LogP contribution >= 0.6 is 15.9 Å². The van der Waals surface area contributed by atoms with Gasteiger partial charge < -0.3 is 19.2 Å². The van der Waals surface area contributed by atoms with Gasteiger partial charge in [-0.1, -0.05) is 22.0 Å². The predicted octanol–water partition coefficient (Wildman–Crippen LogP) is 4.35. The number of hydrogen-bond donors (Lipinski definition) is 1. The number of nitrogens with zero attached hydrogens (tertiary/aromatic N) is 2. The van der Waals surface area contributed by atoms with Gasteiger partial charge in [0.1, 0.15) is 11.6 Å². The fraction of sp³-hybridized carbons (Fsp3) is 0.261. The molecule has 5 rings (SSSR count). The minimum absolute atomic E-state index is 0.0279. The van der Waals surface area contributed by atoms with Gasteiger partial charge in [-0.3, -0.25) is 14.6 Å². The first-order valence-electron chi connectivity index (χ1n) is 10.0. The van der Waals surface area contributed by atoms with Gasteiger partial charge in [-0.05, 0) is 49.2 Å². The van der Waals surface area contributed by atoms with E-state index in [1.165, 1.54) is 4.90 Å². The molecule has 0 spiro atoms. The SMILES string of the molecule is O=C(C1=C(O)C(=O)N(CC2CCCO2)C1c1ccccn1)c1cc2cc(Br)ccc2o1. The highest BCUT2D eigenvalue weighted by Crippen LogP contribution is 2.39. The number of aliphatic hydroxyl groups excluding tert-OH is 1. The number of halogens is 1. The van der Waals surface area contributed by atoms with Gasteiger partial charge in [-0.15, -0.1) is 0 Å². The zero-order valence-electron chi connectivity index (χ0n) is 16.5. The number of carbonyl (C=O) groups excluding carboxylic acids is 2. The highest BCUT2D eigenvalue weighted by atomic mass is 79.9. The lowest BCUT2D eigenvalue weighted by Crippen LogP contribution is -2.37. The largest absolute Gasteiger partial charge is 0.503 e. The number of ether oxygens (including phenoxy) is 1. The van der Waals surface area contributed by atoms with Gasteiger partial charge in [0.2, 0.25) is 5.78 Å². The summed E-state index contributed by atoms with van der Waals surface area (Å²) in [5, 5.41) is 11.5. The monoisotopic (exact) mass is 482 g/mol. The highest BCUT2D eigenvalue weighted by Gasteiger charge is 2.46. The molecule has 1 amide bonds. The van der Waals surface area contributed by atoms with Crippen LogP contribution in [0.1, 0.15) is 35.1 Å². The second kappa shape index (κ2) is 7.94. The standard InChI is InChI=1S/C23H19BrN2O5/c24-14-6-7-17-13(10-14)11-18(31-17)21(27)19-20(16-5-1-2-8-25-16)26(23(29)22(19)28)12-15-4-3-9-30-15/h1-2,5-8,10-11,15,20,28H,3-4,9,12H2. The van der Waals surface area contributed by atoms with Crippen LogP contribution in [-0.2, 0) is 9.53 Å². The fourth-order valence-corrected chi connectivity index (χ4v) is 4.56. The molecule has 1 N–H and O–H groups in total. The Balaban J connectivity index is 1.56. The predicted molar refractivity (Wildman–Crippen MR) is 116 cm³/mol. The summed E-state index contributed by atoms with van der Waals surface area (Å²) in [6.45, 7) is 0.911. The average molecular weight is 483 g/mol. The van der Waals surface area contributed by atoms with Crippen molar-refractivity contribution in [1.82, 2.24) is 9.88 Å². The van der Waals surface area contributed by atoms with Crippen LogP contribution in [0.25, 0.3) is 11.0 Å². The van der Waals surface area contributed by atoms with Crippen molar-refractivity contribution < 1.29 is 23.8 Å². The first-order chi connectivity index (χ1) is 15.0. The van der Waals surface area contributed by atoms with E-state index in [0.717, 1.165) is 22.7 Å². The van der Waals surface area contributed by atoms with Gasteiger partial charge in [0.05, 0.1) is 17.4 Å². The van der Waals surface area contributed by atoms with Crippen LogP contribution < -0.4 is 0 Å². The number of furan rings is 1. The minimum Gasteiger partial charge on any atom is -0.503 e. The van der Waals surface area contributed by atoms with Crippen molar-refractivity contribution in [2.45, 2.75) is 25.0 Å². The molecular weight excluding hydrogens is 464 g/mol. The van der Waals surface area contributed by atoms with E-state index in [2.05, 4.69) is 20.9 Å². The lowest BCUT2D eigenvalue weighted by atomic mass is 9.98. The van der Waals surface area contributed by atoms with Crippen molar-refractivity contribution in [2.75, 3.05) is 13.2 Å². The Bertz CT molecular complexity index is 1200. The molecule has 0 saturated carbocycles. The zero-order valence-corrected chi connectivity index (χ0v) is 18.0. The van der Waals surface area contributed by atoms with Crippen LogP contribution in [0.5, 0.6) is 0 Å². The van der Waals surface area contributed by atoms with Gasteiger partial charge in [0, 0.05) is 29.2 Å². The molecule has 0 radical (unpaired) electrons. The molecule has 1 aromatic carbocycles. The number of amides is 1. The van der Waals surface area contributed by atoms with E-state index >= 15 is 0 Å². The summed E-state index contributed by atoms with van der Waals surface area (Å²) in [5.74, 6) is -1.65. The molecule has 7 nitrogen and oxygen atoms in total. The first kappa shape index (κ1) is 20.0. The van der Waals surface area contributed by atoms with Crippen LogP contribution in [-0.4, -0.2) is 45.9 Å². The lowest BCUT2D eigenvalue weighted by Gasteiger charge is -2.28. The van der Waals surface area contributed by atoms with Gasteiger partial charge in [0.25, 0.3) is 5.91 Å². The molecule has 0 aliphatic carbocycles. The van der Waals surface area contributed by atoms with Gasteiger partial charge in [-0.25, -0.2) is 0 Å². The summed E-state index contributed by atoms with van der Waals surface area (Å²) in [7, 11) is 0. The van der Waals surface area contributed by atoms with Crippen LogP contribution in [0.3, 0.4) is 0 Å². The molecule has 31 heavy (non-hydrogen) atoms. The molecule has 158 valence electrons. The van der Waals surface area contributed by atoms with E-state index in [9.17, 15) is 14.7 Å². The fourth-order valence-electron chi connectivity index (χ4n) is 4.19. The Morgan fingerprint density at radius 3 is 2.87 bits per heavy atom. The molecular formula is C23H19BrN2O5. The number of ketones is 1. The molecule has 2 unspecified atom stereocenters. The summed E-state index contributed by atoms with van der Waals surface area (Å²) in [5.41, 5.74) is 1.02. The summed E-state index contributed by atoms with van der Waals surface area (Å²) < 4.78 is 12.3. The number of carbonyl (C=O) groups is 2. The summed E-state index contributed by atoms with van der Waals surface area (Å²) in [6, 6.07) is 11.5. The van der Waals surface area contributed by atoms with Crippen LogP contribution in [0.15, 0.2) is 68.9 Å². The Labute approximate surface area is 186 Å². The summed E-state index contributed by atoms with van der Waals surface area (Å²) in [4.78, 5) is 32.3. The number of hydrogen-bond acceptors (Lipinski definition) is 6. The number of Topliss-reactive ketones (excluding diaryl/α,β-unsaturated/α-hetero) is 1. The molecule has 2 aliphatic rings. The average Bonchev–Trinajstić information content (AvgIpc) is 3.49. The van der Waals surface area contributed by atoms with Gasteiger partial charge in [0.15, 0.2) is 11.5 Å². The topological polar surface area (TPSA) is 92.9 Å². The second-order valence-electron chi connectivity index (χ2n) is 7.63. The number of pyridine rings is 1. The van der Waals surface area contributed by atoms with Crippen molar-refractivity contribution in [3.63, 3.8) is 0 Å². The Kier molecular flexibility index (Phi) is 5.11. The van der Waals surface area contributed by atoms with E-state index < -0.39 is 23.5 Å². The Morgan fingerprint density at radius 1 is 1.26 bits per heavy atom. The van der Waals surface area contributed by atoms with Crippen molar-refractivity contribution in [3.05, 3.63) is 75.9 Å². The number of rotatable bonds is 5. The molecule has 2 aromatic heterocycles. The molecule has 8 heteroatoms. The van der Waals surface area contributed by atoms with E-state index in [0.29, 0.717) is 17.9 Å². The molecule has 2 atom stereocenters. The number of benzene rings is 1. The van der Waals surface area contributed by atoms with Gasteiger partial charge >= 0.3 is 0 Å². The van der Waals surface area contributed by atoms with Crippen LogP contribution in [0, 0.1) is 0 Å². The smallest absolute Gasteiger partial charge is 0.290 e. The van der Waals surface area contributed by atoms with E-state index in [-0.39, 0.29) is 24.0 Å². The Hall–Kier alpha value is -2.97. The maximum Gasteiger partial charge on any atom is 0.290 e. The third-order valence-electron chi connectivity index (χ3n) is 5.64. The van der Waals surface area contributed by atoms with Crippen molar-refractivity contribution in [1.29, 1.82) is 0 Å². The van der Waals surface area contributed by atoms with Crippen molar-refractivity contribution in [3.8, 4) is 0 Å². The number of aromatic nitrogens is 1. The maximum atomic E-state index is 13.5. The summed E-state index contributed by atoms with van der Waals surface area (Å²) >= 11 is 3.40. The quantitative estimate of drug-likeness (QED) is 0.543. The molecule has 3 aromatic rings. The van der Waals surface area contributed by atoms with Crippen molar-refractivity contribution >= 4 is 38.6 Å². The second-order valence-corrected chi connectivity index (χ2v) is 8.55. The van der Waals surface area contributed by atoms with Crippen molar-refractivity contribution in [2.24, 2.45) is 0 Å². The highest BCUT2D eigenvalue weighted by molar-refractivity contribution is 9.10. The lowest BCUT2D eigenvalue weighted by molar-refractivity contribution is -0.131. The maximum absolute atomic E-state index is 13.5. The third kappa shape index (κ3) is 3.55. The first-order valence-corrected chi connectivity index (χ1v) is 10.8. The van der Waals surface area contributed by atoms with E-state index in [1.54, 1.807) is 36.5 Å². The third-order valence-corrected chi connectivity index (χ3v) is 6.14. The molecule has 4 heterocycles. The minimum atomic E-state index is -0.814. The Morgan fingerprint density at radius 2 is 2.13 bits per heavy atom. The van der Waals surface area contributed by atoms with Gasteiger partial charge in [-0.2, -0.15) is 0 Å². The normalized spacial score (nSPS) is 21.5. The number of aliphatic hydroxyl groups is 1.